The van der Waals surface area contributed by atoms with Crippen molar-refractivity contribution in [2.75, 3.05) is 5.32 Å². The van der Waals surface area contributed by atoms with E-state index in [4.69, 9.17) is 14.2 Å². The van der Waals surface area contributed by atoms with Gasteiger partial charge in [0.1, 0.15) is 17.0 Å². The molecule has 4 rings (SSSR count). The molecule has 10 nitrogen and oxygen atoms in total. The maximum atomic E-state index is 14.7. The molecule has 0 bridgehead atoms. The number of carbonyl (C=O) groups excluding carboxylic acids is 2. The molecule has 3 aromatic heterocycles. The van der Waals surface area contributed by atoms with E-state index in [2.05, 4.69) is 25.5 Å². The Labute approximate surface area is 237 Å². The molecule has 11 heteroatoms. The van der Waals surface area contributed by atoms with E-state index in [1.807, 2.05) is 6.92 Å². The van der Waals surface area contributed by atoms with Crippen molar-refractivity contribution in [2.24, 2.45) is 0 Å². The van der Waals surface area contributed by atoms with Gasteiger partial charge in [-0.3, -0.25) is 15.2 Å². The van der Waals surface area contributed by atoms with Gasteiger partial charge in [0.2, 0.25) is 5.88 Å². The van der Waals surface area contributed by atoms with Crippen molar-refractivity contribution >= 4 is 17.7 Å². The van der Waals surface area contributed by atoms with Crippen LogP contribution in [0.25, 0.3) is 22.4 Å². The number of benzene rings is 1. The fourth-order valence-corrected chi connectivity index (χ4v) is 3.84. The molecule has 1 aromatic carbocycles. The molecule has 0 fully saturated rings. The largest absolute Gasteiger partial charge is 0.444 e. The third-order valence-electron chi connectivity index (χ3n) is 5.74. The SMILES string of the molecule is CCCCCC(=O)Oc1nccc(-c2ccc(Oc3ncc(-c4ccn[nH]4)cc3F)cc2)c1NC(=O)OC(C)(C)C. The lowest BCUT2D eigenvalue weighted by Gasteiger charge is -2.21. The summed E-state index contributed by atoms with van der Waals surface area (Å²) in [5.74, 6) is -0.974. The molecule has 3 heterocycles. The van der Waals surface area contributed by atoms with Crippen molar-refractivity contribution in [3.8, 4) is 39.9 Å². The average molecular weight is 562 g/mol. The van der Waals surface area contributed by atoms with Crippen molar-refractivity contribution in [3.63, 3.8) is 0 Å². The summed E-state index contributed by atoms with van der Waals surface area (Å²) < 4.78 is 31.3. The maximum Gasteiger partial charge on any atom is 0.412 e. The van der Waals surface area contributed by atoms with E-state index >= 15 is 0 Å². The standard InChI is InChI=1S/C30H32FN5O5/c1-5-6-7-8-25(37)40-28-26(35-29(38)41-30(2,3)4)22(13-15-32-28)19-9-11-21(12-10-19)39-27-23(31)17-20(18-33-27)24-14-16-34-36-24/h9-18H,5-8H2,1-4H3,(H,34,36)(H,35,38). The molecule has 214 valence electrons. The lowest BCUT2D eigenvalue weighted by Crippen LogP contribution is -2.27. The molecule has 0 spiro atoms. The highest BCUT2D eigenvalue weighted by Crippen LogP contribution is 2.36. The summed E-state index contributed by atoms with van der Waals surface area (Å²) in [5.41, 5.74) is 1.78. The molecule has 0 aliphatic rings. The number of H-pyrrole nitrogens is 1. The minimum absolute atomic E-state index is 0.0428. The number of halogens is 1. The molecule has 0 saturated carbocycles. The third-order valence-corrected chi connectivity index (χ3v) is 5.74. The number of ether oxygens (including phenoxy) is 3. The molecule has 0 saturated heterocycles. The molecule has 2 N–H and O–H groups in total. The predicted octanol–water partition coefficient (Wildman–Crippen LogP) is 7.30. The van der Waals surface area contributed by atoms with Crippen molar-refractivity contribution in [1.29, 1.82) is 0 Å². The van der Waals surface area contributed by atoms with Gasteiger partial charge in [0.15, 0.2) is 5.82 Å². The Morgan fingerprint density at radius 1 is 0.976 bits per heavy atom. The van der Waals surface area contributed by atoms with Crippen LogP contribution in [0.3, 0.4) is 0 Å². The zero-order valence-corrected chi connectivity index (χ0v) is 23.4. The van der Waals surface area contributed by atoms with Crippen LogP contribution in [0, 0.1) is 5.82 Å². The summed E-state index contributed by atoms with van der Waals surface area (Å²) >= 11 is 0. The molecule has 0 unspecified atom stereocenters. The molecule has 0 atom stereocenters. The number of anilines is 1. The Kier molecular flexibility index (Phi) is 9.28. The fourth-order valence-electron chi connectivity index (χ4n) is 3.84. The molecule has 1 amide bonds. The number of hydrogen-bond acceptors (Lipinski definition) is 8. The number of pyridine rings is 2. The highest BCUT2D eigenvalue weighted by molar-refractivity contribution is 5.94. The number of aromatic amines is 1. The Morgan fingerprint density at radius 2 is 1.76 bits per heavy atom. The zero-order chi connectivity index (χ0) is 29.4. The van der Waals surface area contributed by atoms with Crippen LogP contribution in [0.2, 0.25) is 0 Å². The van der Waals surface area contributed by atoms with Gasteiger partial charge < -0.3 is 14.2 Å². The molecule has 0 aliphatic carbocycles. The molecule has 41 heavy (non-hydrogen) atoms. The second kappa shape index (κ2) is 13.0. The van der Waals surface area contributed by atoms with E-state index < -0.39 is 23.5 Å². The van der Waals surface area contributed by atoms with Crippen LogP contribution in [0.5, 0.6) is 17.5 Å². The average Bonchev–Trinajstić information content (AvgIpc) is 3.46. The minimum Gasteiger partial charge on any atom is -0.444 e. The number of nitrogens with zero attached hydrogens (tertiary/aromatic N) is 3. The lowest BCUT2D eigenvalue weighted by molar-refractivity contribution is -0.134. The lowest BCUT2D eigenvalue weighted by atomic mass is 10.0. The van der Waals surface area contributed by atoms with E-state index in [9.17, 15) is 14.0 Å². The summed E-state index contributed by atoms with van der Waals surface area (Å²) in [5, 5.41) is 9.31. The molecular formula is C30H32FN5O5. The van der Waals surface area contributed by atoms with Gasteiger partial charge >= 0.3 is 12.1 Å². The first kappa shape index (κ1) is 29.2. The van der Waals surface area contributed by atoms with Gasteiger partial charge in [-0.05, 0) is 63.1 Å². The van der Waals surface area contributed by atoms with Crippen LogP contribution in [0.4, 0.5) is 14.9 Å². The quantitative estimate of drug-likeness (QED) is 0.152. The Balaban J connectivity index is 1.57. The normalized spacial score (nSPS) is 11.1. The minimum atomic E-state index is -0.748. The Hall–Kier alpha value is -4.80. The van der Waals surface area contributed by atoms with E-state index in [1.54, 1.807) is 63.4 Å². The number of hydrogen-bond donors (Lipinski definition) is 2. The highest BCUT2D eigenvalue weighted by atomic mass is 19.1. The second-order valence-electron chi connectivity index (χ2n) is 10.2. The molecular weight excluding hydrogens is 529 g/mol. The van der Waals surface area contributed by atoms with Crippen molar-refractivity contribution < 1.29 is 28.2 Å². The van der Waals surface area contributed by atoms with Crippen LogP contribution in [0.1, 0.15) is 53.4 Å². The van der Waals surface area contributed by atoms with Crippen molar-refractivity contribution in [3.05, 3.63) is 66.9 Å². The Morgan fingerprint density at radius 3 is 2.41 bits per heavy atom. The van der Waals surface area contributed by atoms with Gasteiger partial charge in [-0.2, -0.15) is 5.10 Å². The van der Waals surface area contributed by atoms with E-state index in [0.717, 1.165) is 12.8 Å². The summed E-state index contributed by atoms with van der Waals surface area (Å²) in [7, 11) is 0. The third kappa shape index (κ3) is 8.10. The van der Waals surface area contributed by atoms with E-state index in [-0.39, 0.29) is 23.9 Å². The van der Waals surface area contributed by atoms with E-state index in [1.165, 1.54) is 18.5 Å². The van der Waals surface area contributed by atoms with Gasteiger partial charge in [0.25, 0.3) is 5.88 Å². The number of unbranched alkanes of at least 4 members (excludes halogenated alkanes) is 2. The Bertz CT molecular complexity index is 1480. The van der Waals surface area contributed by atoms with Crippen molar-refractivity contribution in [2.45, 2.75) is 59.0 Å². The topological polar surface area (TPSA) is 128 Å². The monoisotopic (exact) mass is 561 g/mol. The number of rotatable bonds is 10. The maximum absolute atomic E-state index is 14.7. The number of nitrogens with one attached hydrogen (secondary N) is 2. The van der Waals surface area contributed by atoms with Crippen LogP contribution in [-0.2, 0) is 9.53 Å². The number of amides is 1. The molecule has 0 radical (unpaired) electrons. The van der Waals surface area contributed by atoms with Gasteiger partial charge in [-0.1, -0.05) is 31.9 Å². The highest BCUT2D eigenvalue weighted by Gasteiger charge is 2.22. The van der Waals surface area contributed by atoms with Gasteiger partial charge in [0, 0.05) is 36.1 Å². The van der Waals surface area contributed by atoms with Gasteiger partial charge in [0.05, 0.1) is 5.69 Å². The zero-order valence-electron chi connectivity index (χ0n) is 23.4. The van der Waals surface area contributed by atoms with E-state index in [0.29, 0.717) is 34.6 Å². The first-order chi connectivity index (χ1) is 19.6. The number of esters is 1. The van der Waals surface area contributed by atoms with Crippen LogP contribution in [0.15, 0.2) is 61.1 Å². The smallest absolute Gasteiger partial charge is 0.412 e. The van der Waals surface area contributed by atoms with Crippen LogP contribution >= 0.6 is 0 Å². The van der Waals surface area contributed by atoms with Crippen LogP contribution < -0.4 is 14.8 Å². The van der Waals surface area contributed by atoms with Crippen molar-refractivity contribution in [1.82, 2.24) is 20.2 Å². The number of carbonyl (C=O) groups is 2. The molecule has 4 aromatic rings. The summed E-state index contributed by atoms with van der Waals surface area (Å²) in [4.78, 5) is 33.4. The fraction of sp³-hybridized carbons (Fsp3) is 0.300. The van der Waals surface area contributed by atoms with Gasteiger partial charge in [-0.25, -0.2) is 19.2 Å². The first-order valence-corrected chi connectivity index (χ1v) is 13.3. The molecule has 0 aliphatic heterocycles. The second-order valence-corrected chi connectivity index (χ2v) is 10.2. The summed E-state index contributed by atoms with van der Waals surface area (Å²) in [6.07, 6.45) is 6.58. The van der Waals surface area contributed by atoms with Crippen LogP contribution in [-0.4, -0.2) is 37.8 Å². The van der Waals surface area contributed by atoms with Gasteiger partial charge in [-0.15, -0.1) is 0 Å². The summed E-state index contributed by atoms with van der Waals surface area (Å²) in [6.45, 7) is 7.27. The number of aromatic nitrogens is 4. The first-order valence-electron chi connectivity index (χ1n) is 13.3. The summed E-state index contributed by atoms with van der Waals surface area (Å²) in [6, 6.07) is 11.4. The predicted molar refractivity (Wildman–Crippen MR) is 151 cm³/mol.